The largest absolute Gasteiger partial charge is 0.526 e. The lowest BCUT2D eigenvalue weighted by molar-refractivity contribution is -0.0443. The first-order valence-electron chi connectivity index (χ1n) is 17.5. The summed E-state index contributed by atoms with van der Waals surface area (Å²) in [6, 6.07) is 52.6. The first kappa shape index (κ1) is 35.5. The molecule has 0 aromatic heterocycles. The summed E-state index contributed by atoms with van der Waals surface area (Å²) in [4.78, 5) is 0. The van der Waals surface area contributed by atoms with Gasteiger partial charge in [-0.15, -0.1) is 0 Å². The molecule has 0 amide bonds. The molecule has 0 atom stereocenters. The zero-order valence-corrected chi connectivity index (χ0v) is 30.9. The molecule has 0 aliphatic carbocycles. The molecule has 276 valence electrons. The molecular weight excluding hydrogens is 755 g/mol. The molecule has 1 heterocycles. The lowest BCUT2D eigenvalue weighted by atomic mass is 9.86. The highest BCUT2D eigenvalue weighted by molar-refractivity contribution is 7.95. The molecule has 0 fully saturated rings. The van der Waals surface area contributed by atoms with E-state index in [1.165, 1.54) is 4.49 Å². The number of hydrogen-bond donors (Lipinski definition) is 1. The second-order valence-electron chi connectivity index (χ2n) is 13.3. The summed E-state index contributed by atoms with van der Waals surface area (Å²) < 4.78 is 96.1. The molecule has 56 heavy (non-hydrogen) atoms. The number of alkyl halides is 3. The number of halogens is 3. The van der Waals surface area contributed by atoms with Gasteiger partial charge in [0.1, 0.15) is 11.5 Å². The Bertz CT molecular complexity index is 2780. The van der Waals surface area contributed by atoms with Gasteiger partial charge < -0.3 is 9.05 Å². The second-order valence-corrected chi connectivity index (χ2v) is 16.9. The van der Waals surface area contributed by atoms with E-state index < -0.39 is 23.3 Å². The van der Waals surface area contributed by atoms with Crippen molar-refractivity contribution in [3.05, 3.63) is 170 Å². The van der Waals surface area contributed by atoms with Gasteiger partial charge in [0.25, 0.3) is 0 Å². The van der Waals surface area contributed by atoms with Crippen molar-refractivity contribution in [2.75, 3.05) is 0 Å². The van der Waals surface area contributed by atoms with Gasteiger partial charge in [0.05, 0.1) is 0 Å². The number of sulfonamides is 1. The zero-order chi connectivity index (χ0) is 38.7. The Morgan fingerprint density at radius 2 is 0.804 bits per heavy atom. The van der Waals surface area contributed by atoms with Crippen molar-refractivity contribution in [1.29, 1.82) is 0 Å². The number of hydrogen-bond acceptors (Lipinski definition) is 5. The maximum atomic E-state index is 14.9. The first-order chi connectivity index (χ1) is 27.0. The Morgan fingerprint density at radius 3 is 1.20 bits per heavy atom. The van der Waals surface area contributed by atoms with E-state index >= 15 is 0 Å². The van der Waals surface area contributed by atoms with Gasteiger partial charge in [0.2, 0.25) is 0 Å². The minimum absolute atomic E-state index is 0.107. The van der Waals surface area contributed by atoms with Crippen LogP contribution in [0.15, 0.2) is 170 Å². The second kappa shape index (κ2) is 13.5. The van der Waals surface area contributed by atoms with E-state index in [0.717, 1.165) is 33.0 Å². The number of rotatable bonds is 6. The van der Waals surface area contributed by atoms with Crippen LogP contribution in [-0.2, 0) is 14.6 Å². The van der Waals surface area contributed by atoms with Gasteiger partial charge in [-0.05, 0) is 67.1 Å². The average molecular weight is 784 g/mol. The van der Waals surface area contributed by atoms with Crippen LogP contribution >= 0.6 is 7.75 Å². The van der Waals surface area contributed by atoms with E-state index in [-0.39, 0.29) is 11.5 Å². The van der Waals surface area contributed by atoms with Crippen molar-refractivity contribution in [3.8, 4) is 67.1 Å². The van der Waals surface area contributed by atoms with Crippen LogP contribution in [0.25, 0.3) is 77.2 Å². The number of fused-ring (bicyclic) bond motifs is 7. The predicted molar refractivity (Wildman–Crippen MR) is 216 cm³/mol. The summed E-state index contributed by atoms with van der Waals surface area (Å²) in [7, 11) is -11.7. The maximum Gasteiger partial charge on any atom is 0.526 e. The van der Waals surface area contributed by atoms with Gasteiger partial charge in [-0.3, -0.25) is 0 Å². The van der Waals surface area contributed by atoms with E-state index in [0.29, 0.717) is 44.2 Å². The summed E-state index contributed by atoms with van der Waals surface area (Å²) in [5.74, 6) is -0.213. The molecule has 0 spiro atoms. The van der Waals surface area contributed by atoms with Crippen LogP contribution in [-0.4, -0.2) is 13.9 Å². The predicted octanol–water partition coefficient (Wildman–Crippen LogP) is 12.6. The Morgan fingerprint density at radius 1 is 0.464 bits per heavy atom. The summed E-state index contributed by atoms with van der Waals surface area (Å²) in [5.41, 5.74) is 0.579. The van der Waals surface area contributed by atoms with Crippen LogP contribution in [0.1, 0.15) is 0 Å². The minimum Gasteiger partial charge on any atom is -0.403 e. The van der Waals surface area contributed by atoms with E-state index in [2.05, 4.69) is 0 Å². The zero-order valence-electron chi connectivity index (χ0n) is 29.2. The van der Waals surface area contributed by atoms with Crippen molar-refractivity contribution in [1.82, 2.24) is 4.49 Å². The molecule has 0 radical (unpaired) electrons. The molecule has 9 rings (SSSR count). The molecule has 0 saturated carbocycles. The number of nitrogens with one attached hydrogen (secondary N) is 1. The third-order valence-electron chi connectivity index (χ3n) is 9.82. The molecule has 6 nitrogen and oxygen atoms in total. The van der Waals surface area contributed by atoms with Crippen molar-refractivity contribution < 1.29 is 35.2 Å². The van der Waals surface area contributed by atoms with Gasteiger partial charge >= 0.3 is 23.3 Å². The normalized spacial score (nSPS) is 13.6. The fraction of sp³-hybridized carbons (Fsp3) is 0.0222. The Hall–Kier alpha value is -6.19. The lowest BCUT2D eigenvalue weighted by Crippen LogP contribution is -2.36. The third-order valence-corrected chi connectivity index (χ3v) is 13.1. The van der Waals surface area contributed by atoms with Crippen molar-refractivity contribution in [2.45, 2.75) is 5.51 Å². The van der Waals surface area contributed by atoms with Crippen molar-refractivity contribution in [2.24, 2.45) is 0 Å². The third kappa shape index (κ3) is 6.31. The fourth-order valence-electron chi connectivity index (χ4n) is 7.21. The molecule has 1 aliphatic rings. The molecule has 8 aromatic rings. The molecule has 11 heteroatoms. The highest BCUT2D eigenvalue weighted by Gasteiger charge is 2.53. The Kier molecular flexibility index (Phi) is 8.58. The van der Waals surface area contributed by atoms with Crippen LogP contribution < -0.4 is 13.5 Å². The van der Waals surface area contributed by atoms with Crippen molar-refractivity contribution in [3.63, 3.8) is 0 Å². The Labute approximate surface area is 320 Å². The highest BCUT2D eigenvalue weighted by atomic mass is 32.2. The molecule has 1 aliphatic heterocycles. The molecule has 0 saturated heterocycles. The van der Waals surface area contributed by atoms with Crippen LogP contribution in [0.5, 0.6) is 11.5 Å². The molecule has 1 N–H and O–H groups in total. The minimum atomic E-state index is -6.25. The molecule has 0 bridgehead atoms. The SMILES string of the molecule is O=P1(NS(=O)(=O)C(F)(F)F)Oc2c(-c3ccc(-c4ccccc4)cc3)cc3ccccc3c2-c2c(c(-c3ccc(-c4ccccc4)cc3)cc3ccccc23)O1. The van der Waals surface area contributed by atoms with Crippen LogP contribution in [0.4, 0.5) is 13.2 Å². The quantitative estimate of drug-likeness (QED) is 0.170. The topological polar surface area (TPSA) is 81.7 Å². The van der Waals surface area contributed by atoms with E-state index in [1.54, 1.807) is 12.1 Å². The molecule has 8 aromatic carbocycles. The van der Waals surface area contributed by atoms with Crippen LogP contribution in [0.2, 0.25) is 0 Å². The standard InChI is InChI=1S/C45H29F3NO5PS/c46-45(47,48)56(51,52)49-55(50)53-43-39(33-23-19-31(20-24-33)29-11-3-1-4-12-29)27-35-15-7-9-17-37(35)41(43)42-38-18-10-8-16-36(38)28-40(44(42)54-55)34-25-21-32(22-26-34)30-13-5-2-6-14-30/h1-28H,(H,49,50). The number of benzene rings is 8. The van der Waals surface area contributed by atoms with E-state index in [9.17, 15) is 26.2 Å². The van der Waals surface area contributed by atoms with E-state index in [4.69, 9.17) is 9.05 Å². The van der Waals surface area contributed by atoms with Gasteiger partial charge in [-0.25, -0.2) is 13.0 Å². The summed E-state index contributed by atoms with van der Waals surface area (Å²) in [6.07, 6.45) is 0. The highest BCUT2D eigenvalue weighted by Crippen LogP contribution is 2.62. The first-order valence-corrected chi connectivity index (χ1v) is 20.5. The summed E-state index contributed by atoms with van der Waals surface area (Å²) in [6.45, 7) is 0. The molecule has 0 unspecified atom stereocenters. The smallest absolute Gasteiger partial charge is 0.403 e. The maximum absolute atomic E-state index is 14.9. The van der Waals surface area contributed by atoms with Gasteiger partial charge in [0, 0.05) is 22.3 Å². The van der Waals surface area contributed by atoms with Gasteiger partial charge in [-0.2, -0.15) is 13.2 Å². The van der Waals surface area contributed by atoms with Gasteiger partial charge in [0.15, 0.2) is 0 Å². The Balaban J connectivity index is 1.36. The van der Waals surface area contributed by atoms with Crippen LogP contribution in [0.3, 0.4) is 0 Å². The summed E-state index contributed by atoms with van der Waals surface area (Å²) >= 11 is 0. The monoisotopic (exact) mass is 783 g/mol. The van der Waals surface area contributed by atoms with Crippen LogP contribution in [0, 0.1) is 0 Å². The lowest BCUT2D eigenvalue weighted by Gasteiger charge is -2.22. The molecular formula is C45H29F3NO5PS. The average Bonchev–Trinajstić information content (AvgIpc) is 3.34. The summed E-state index contributed by atoms with van der Waals surface area (Å²) in [5, 5.41) is 2.73. The van der Waals surface area contributed by atoms with Crippen molar-refractivity contribution >= 4 is 39.3 Å². The fourth-order valence-corrected chi connectivity index (χ4v) is 10.00. The van der Waals surface area contributed by atoms with Gasteiger partial charge in [-0.1, -0.05) is 162 Å². The van der Waals surface area contributed by atoms with E-state index in [1.807, 2.05) is 158 Å².